The molecule has 1 aliphatic rings. The lowest BCUT2D eigenvalue weighted by molar-refractivity contribution is 0.660. The Labute approximate surface area is 300 Å². The van der Waals surface area contributed by atoms with E-state index in [2.05, 4.69) is 218 Å². The van der Waals surface area contributed by atoms with Crippen LogP contribution in [0.4, 0.5) is 34.1 Å². The minimum Gasteiger partial charge on any atom is -0.310 e. The minimum atomic E-state index is -0.0715. The zero-order valence-corrected chi connectivity index (χ0v) is 28.9. The smallest absolute Gasteiger partial charge is 0.0540 e. The summed E-state index contributed by atoms with van der Waals surface area (Å²) in [4.78, 5) is 4.73. The average molecular weight is 655 g/mol. The molecule has 8 aromatic rings. The predicted molar refractivity (Wildman–Crippen MR) is 216 cm³/mol. The van der Waals surface area contributed by atoms with Gasteiger partial charge in [0.15, 0.2) is 0 Å². The van der Waals surface area contributed by atoms with Gasteiger partial charge in [-0.2, -0.15) is 0 Å². The summed E-state index contributed by atoms with van der Waals surface area (Å²) in [6, 6.07) is 70.2. The maximum absolute atomic E-state index is 2.40. The largest absolute Gasteiger partial charge is 0.310 e. The zero-order valence-electron chi connectivity index (χ0n) is 28.9. The Morgan fingerprint density at radius 1 is 0.333 bits per heavy atom. The zero-order chi connectivity index (χ0) is 34.4. The number of rotatable bonds is 7. The first kappa shape index (κ1) is 30.7. The number of para-hydroxylation sites is 3. The minimum absolute atomic E-state index is 0.0715. The van der Waals surface area contributed by atoms with Crippen LogP contribution < -0.4 is 9.80 Å². The highest BCUT2D eigenvalue weighted by Crippen LogP contribution is 2.51. The van der Waals surface area contributed by atoms with Crippen LogP contribution in [0.15, 0.2) is 194 Å². The van der Waals surface area contributed by atoms with Gasteiger partial charge in [0, 0.05) is 39.2 Å². The van der Waals surface area contributed by atoms with E-state index in [1.165, 1.54) is 44.2 Å². The van der Waals surface area contributed by atoms with Crippen molar-refractivity contribution in [1.29, 1.82) is 0 Å². The number of nitrogens with zero attached hydrogens (tertiary/aromatic N) is 2. The van der Waals surface area contributed by atoms with Crippen LogP contribution in [-0.4, -0.2) is 0 Å². The van der Waals surface area contributed by atoms with Gasteiger partial charge in [-0.3, -0.25) is 0 Å². The molecule has 0 aromatic heterocycles. The van der Waals surface area contributed by atoms with Crippen molar-refractivity contribution in [1.82, 2.24) is 0 Å². The second kappa shape index (κ2) is 12.5. The summed E-state index contributed by atoms with van der Waals surface area (Å²) < 4.78 is 0. The fourth-order valence-corrected chi connectivity index (χ4v) is 7.96. The first-order chi connectivity index (χ1) is 25.1. The number of hydrogen-bond acceptors (Lipinski definition) is 2. The SMILES string of the molecule is CC1(C)c2ccccc2-c2ccc(N(c3ccccc3)c3ccc(-c4ccc(N(c5ccccc5)c5ccccc5)c5ccccc45)cc3)cc21. The van der Waals surface area contributed by atoms with Crippen molar-refractivity contribution in [2.24, 2.45) is 0 Å². The third-order valence-electron chi connectivity index (χ3n) is 10.4. The molecule has 0 unspecified atom stereocenters. The van der Waals surface area contributed by atoms with E-state index in [1.807, 2.05) is 0 Å². The van der Waals surface area contributed by atoms with Crippen LogP contribution >= 0.6 is 0 Å². The fraction of sp³-hybridized carbons (Fsp3) is 0.0612. The van der Waals surface area contributed by atoms with Crippen molar-refractivity contribution < 1.29 is 0 Å². The molecule has 244 valence electrons. The van der Waals surface area contributed by atoms with E-state index in [0.717, 1.165) is 34.1 Å². The topological polar surface area (TPSA) is 6.48 Å². The van der Waals surface area contributed by atoms with E-state index in [1.54, 1.807) is 0 Å². The molecule has 51 heavy (non-hydrogen) atoms. The summed E-state index contributed by atoms with van der Waals surface area (Å²) in [5.41, 5.74) is 14.6. The standard InChI is InChI=1S/C49H38N2/c1-49(2)46-25-15-14-23-43(46)44-31-30-40(34-47(44)49)50(36-16-6-3-7-17-36)39-28-26-35(27-29-39)41-32-33-48(45-24-13-12-22-42(41)45)51(37-18-8-4-9-19-37)38-20-10-5-11-21-38/h3-34H,1-2H3. The molecule has 2 heteroatoms. The Hall–Kier alpha value is -6.38. The highest BCUT2D eigenvalue weighted by molar-refractivity contribution is 6.06. The number of fused-ring (bicyclic) bond motifs is 4. The third-order valence-corrected chi connectivity index (χ3v) is 10.4. The molecule has 0 radical (unpaired) electrons. The van der Waals surface area contributed by atoms with Gasteiger partial charge in [0.25, 0.3) is 0 Å². The second-order valence-electron chi connectivity index (χ2n) is 13.8. The van der Waals surface area contributed by atoms with E-state index in [4.69, 9.17) is 0 Å². The van der Waals surface area contributed by atoms with Gasteiger partial charge in [0.2, 0.25) is 0 Å². The molecule has 0 N–H and O–H groups in total. The fourth-order valence-electron chi connectivity index (χ4n) is 7.96. The normalized spacial score (nSPS) is 12.7. The summed E-state index contributed by atoms with van der Waals surface area (Å²) in [7, 11) is 0. The molecule has 8 aromatic carbocycles. The maximum atomic E-state index is 2.40. The third kappa shape index (κ3) is 5.28. The predicted octanol–water partition coefficient (Wildman–Crippen LogP) is 13.8. The molecule has 0 aliphatic heterocycles. The van der Waals surface area contributed by atoms with Crippen molar-refractivity contribution in [2.45, 2.75) is 19.3 Å². The van der Waals surface area contributed by atoms with Crippen LogP contribution in [0.1, 0.15) is 25.0 Å². The van der Waals surface area contributed by atoms with Gasteiger partial charge in [-0.05, 0) is 105 Å². The Morgan fingerprint density at radius 3 is 1.45 bits per heavy atom. The van der Waals surface area contributed by atoms with E-state index in [9.17, 15) is 0 Å². The van der Waals surface area contributed by atoms with E-state index in [0.29, 0.717) is 0 Å². The van der Waals surface area contributed by atoms with Crippen LogP contribution in [0.25, 0.3) is 33.0 Å². The van der Waals surface area contributed by atoms with E-state index in [-0.39, 0.29) is 5.41 Å². The number of hydrogen-bond donors (Lipinski definition) is 0. The molecule has 0 spiro atoms. The second-order valence-corrected chi connectivity index (χ2v) is 13.8. The van der Waals surface area contributed by atoms with E-state index < -0.39 is 0 Å². The monoisotopic (exact) mass is 654 g/mol. The first-order valence-corrected chi connectivity index (χ1v) is 17.7. The summed E-state index contributed by atoms with van der Waals surface area (Å²) >= 11 is 0. The van der Waals surface area contributed by atoms with Gasteiger partial charge in [0.1, 0.15) is 0 Å². The molecule has 0 saturated carbocycles. The van der Waals surface area contributed by atoms with Gasteiger partial charge in [-0.25, -0.2) is 0 Å². The molecule has 0 bridgehead atoms. The quantitative estimate of drug-likeness (QED) is 0.169. The Balaban J connectivity index is 1.13. The highest BCUT2D eigenvalue weighted by Gasteiger charge is 2.35. The van der Waals surface area contributed by atoms with E-state index >= 15 is 0 Å². The molecule has 2 nitrogen and oxygen atoms in total. The Morgan fingerprint density at radius 2 is 0.804 bits per heavy atom. The Bertz CT molecular complexity index is 2440. The van der Waals surface area contributed by atoms with Crippen LogP contribution in [0.5, 0.6) is 0 Å². The summed E-state index contributed by atoms with van der Waals surface area (Å²) in [5.74, 6) is 0. The average Bonchev–Trinajstić information content (AvgIpc) is 3.42. The van der Waals surface area contributed by atoms with Crippen LogP contribution in [0.2, 0.25) is 0 Å². The van der Waals surface area contributed by atoms with Gasteiger partial charge >= 0.3 is 0 Å². The van der Waals surface area contributed by atoms with Crippen molar-refractivity contribution in [2.75, 3.05) is 9.80 Å². The molecule has 9 rings (SSSR count). The molecular formula is C49H38N2. The van der Waals surface area contributed by atoms with Crippen LogP contribution in [0.3, 0.4) is 0 Å². The molecule has 0 heterocycles. The van der Waals surface area contributed by atoms with Crippen LogP contribution in [0, 0.1) is 0 Å². The molecule has 0 atom stereocenters. The lowest BCUT2D eigenvalue weighted by Gasteiger charge is -2.28. The highest BCUT2D eigenvalue weighted by atomic mass is 15.1. The molecule has 0 saturated heterocycles. The van der Waals surface area contributed by atoms with Gasteiger partial charge in [-0.1, -0.05) is 141 Å². The lowest BCUT2D eigenvalue weighted by atomic mass is 9.82. The molecule has 0 fully saturated rings. The van der Waals surface area contributed by atoms with Gasteiger partial charge < -0.3 is 9.80 Å². The summed E-state index contributed by atoms with van der Waals surface area (Å²) in [5, 5.41) is 2.43. The Kier molecular flexibility index (Phi) is 7.51. The van der Waals surface area contributed by atoms with Crippen molar-refractivity contribution in [3.05, 3.63) is 205 Å². The molecular weight excluding hydrogens is 617 g/mol. The summed E-state index contributed by atoms with van der Waals surface area (Å²) in [6.45, 7) is 4.69. The molecule has 0 amide bonds. The maximum Gasteiger partial charge on any atom is 0.0540 e. The van der Waals surface area contributed by atoms with Crippen molar-refractivity contribution >= 4 is 44.9 Å². The number of benzene rings is 8. The van der Waals surface area contributed by atoms with Crippen molar-refractivity contribution in [3.8, 4) is 22.3 Å². The molecule has 1 aliphatic carbocycles. The lowest BCUT2D eigenvalue weighted by Crippen LogP contribution is -2.16. The number of anilines is 6. The van der Waals surface area contributed by atoms with Gasteiger partial charge in [0.05, 0.1) is 5.69 Å². The summed E-state index contributed by atoms with van der Waals surface area (Å²) in [6.07, 6.45) is 0. The first-order valence-electron chi connectivity index (χ1n) is 17.7. The van der Waals surface area contributed by atoms with Crippen molar-refractivity contribution in [3.63, 3.8) is 0 Å². The van der Waals surface area contributed by atoms with Crippen LogP contribution in [-0.2, 0) is 5.41 Å². The van der Waals surface area contributed by atoms with Gasteiger partial charge in [-0.15, -0.1) is 0 Å².